The Morgan fingerprint density at radius 2 is 2.12 bits per heavy atom. The molecule has 124 valence electrons. The molecule has 1 fully saturated rings. The molecule has 1 aliphatic heterocycles. The van der Waals surface area contributed by atoms with Crippen LogP contribution < -0.4 is 4.74 Å². The Morgan fingerprint density at radius 1 is 1.17 bits per heavy atom. The van der Waals surface area contributed by atoms with E-state index in [4.69, 9.17) is 4.74 Å². The fourth-order valence-corrected chi connectivity index (χ4v) is 3.44. The number of piperidine rings is 1. The van der Waals surface area contributed by atoms with Gasteiger partial charge in [0.2, 0.25) is 5.88 Å². The van der Waals surface area contributed by atoms with Crippen LogP contribution in [0, 0.1) is 0 Å². The molecule has 0 radical (unpaired) electrons. The normalized spacial score (nSPS) is 18.8. The average molecular weight is 323 g/mol. The molecule has 3 aromatic rings. The lowest BCUT2D eigenvalue weighted by atomic mass is 9.97. The van der Waals surface area contributed by atoms with Gasteiger partial charge in [0.15, 0.2) is 5.65 Å². The first-order valence-electron chi connectivity index (χ1n) is 8.35. The highest BCUT2D eigenvalue weighted by molar-refractivity contribution is 5.37. The number of hydrogen-bond acceptors (Lipinski definition) is 5. The standard InChI is InChI=1S/C18H21N5O/c1-24-17-9-4-7-15(19-17)13-22-10-5-6-14(12-22)18-21-20-16-8-2-3-11-23(16)18/h2-4,7-9,11,14H,5-6,10,12-13H2,1H3/t14-/m1/s1. The molecule has 6 heteroatoms. The van der Waals surface area contributed by atoms with Gasteiger partial charge >= 0.3 is 0 Å². The molecule has 0 aromatic carbocycles. The van der Waals surface area contributed by atoms with E-state index in [0.717, 1.165) is 49.6 Å². The molecule has 0 amide bonds. The Bertz CT molecular complexity index is 831. The fourth-order valence-electron chi connectivity index (χ4n) is 3.44. The van der Waals surface area contributed by atoms with Gasteiger partial charge in [-0.3, -0.25) is 9.30 Å². The van der Waals surface area contributed by atoms with Crippen molar-refractivity contribution in [1.29, 1.82) is 0 Å². The van der Waals surface area contributed by atoms with Crippen LogP contribution in [0.5, 0.6) is 5.88 Å². The van der Waals surface area contributed by atoms with E-state index in [-0.39, 0.29) is 0 Å². The van der Waals surface area contributed by atoms with Crippen LogP contribution in [0.1, 0.15) is 30.3 Å². The molecular weight excluding hydrogens is 302 g/mol. The van der Waals surface area contributed by atoms with Crippen LogP contribution in [0.3, 0.4) is 0 Å². The highest BCUT2D eigenvalue weighted by atomic mass is 16.5. The Labute approximate surface area is 141 Å². The first kappa shape index (κ1) is 15.1. The summed E-state index contributed by atoms with van der Waals surface area (Å²) in [6, 6.07) is 11.9. The smallest absolute Gasteiger partial charge is 0.213 e. The Hall–Kier alpha value is -2.47. The summed E-state index contributed by atoms with van der Waals surface area (Å²) in [5.41, 5.74) is 1.96. The molecule has 6 nitrogen and oxygen atoms in total. The summed E-state index contributed by atoms with van der Waals surface area (Å²) in [4.78, 5) is 6.97. The maximum absolute atomic E-state index is 5.22. The summed E-state index contributed by atoms with van der Waals surface area (Å²) in [6.45, 7) is 2.91. The third-order valence-corrected chi connectivity index (χ3v) is 4.59. The van der Waals surface area contributed by atoms with Crippen molar-refractivity contribution in [2.75, 3.05) is 20.2 Å². The van der Waals surface area contributed by atoms with Crippen molar-refractivity contribution < 1.29 is 4.74 Å². The minimum absolute atomic E-state index is 0.404. The molecule has 3 aromatic heterocycles. The van der Waals surface area contributed by atoms with E-state index in [2.05, 4.69) is 30.5 Å². The predicted octanol–water partition coefficient (Wildman–Crippen LogP) is 2.51. The third-order valence-electron chi connectivity index (χ3n) is 4.59. The second kappa shape index (κ2) is 6.57. The highest BCUT2D eigenvalue weighted by Crippen LogP contribution is 2.27. The van der Waals surface area contributed by atoms with Gasteiger partial charge in [-0.15, -0.1) is 10.2 Å². The van der Waals surface area contributed by atoms with Crippen LogP contribution in [0.25, 0.3) is 5.65 Å². The molecule has 1 atom stereocenters. The second-order valence-corrected chi connectivity index (χ2v) is 6.23. The quantitative estimate of drug-likeness (QED) is 0.738. The van der Waals surface area contributed by atoms with Crippen molar-refractivity contribution in [2.24, 2.45) is 0 Å². The lowest BCUT2D eigenvalue weighted by Gasteiger charge is -2.31. The summed E-state index contributed by atoms with van der Waals surface area (Å²) in [6.07, 6.45) is 4.36. The molecule has 0 saturated carbocycles. The van der Waals surface area contributed by atoms with Gasteiger partial charge in [0.05, 0.1) is 12.8 Å². The van der Waals surface area contributed by atoms with Crippen LogP contribution in [0.2, 0.25) is 0 Å². The maximum Gasteiger partial charge on any atom is 0.213 e. The molecule has 1 saturated heterocycles. The molecule has 4 rings (SSSR count). The lowest BCUT2D eigenvalue weighted by molar-refractivity contribution is 0.193. The Kier molecular flexibility index (Phi) is 4.13. The Balaban J connectivity index is 1.51. The number of aromatic nitrogens is 4. The van der Waals surface area contributed by atoms with Crippen molar-refractivity contribution in [3.8, 4) is 5.88 Å². The van der Waals surface area contributed by atoms with Gasteiger partial charge in [0, 0.05) is 31.3 Å². The van der Waals surface area contributed by atoms with Crippen LogP contribution in [0.15, 0.2) is 42.6 Å². The number of ether oxygens (including phenoxy) is 1. The fraction of sp³-hybridized carbons (Fsp3) is 0.389. The summed E-state index contributed by atoms with van der Waals surface area (Å²) in [7, 11) is 1.65. The minimum atomic E-state index is 0.404. The van der Waals surface area contributed by atoms with Gasteiger partial charge in [0.1, 0.15) is 5.82 Å². The predicted molar refractivity (Wildman–Crippen MR) is 91.0 cm³/mol. The number of likely N-dealkylation sites (tertiary alicyclic amines) is 1. The molecule has 24 heavy (non-hydrogen) atoms. The minimum Gasteiger partial charge on any atom is -0.481 e. The van der Waals surface area contributed by atoms with Crippen molar-refractivity contribution in [1.82, 2.24) is 24.5 Å². The zero-order chi connectivity index (χ0) is 16.4. The number of hydrogen-bond donors (Lipinski definition) is 0. The monoisotopic (exact) mass is 323 g/mol. The largest absolute Gasteiger partial charge is 0.481 e. The van der Waals surface area contributed by atoms with Crippen molar-refractivity contribution in [2.45, 2.75) is 25.3 Å². The van der Waals surface area contributed by atoms with E-state index in [1.165, 1.54) is 0 Å². The van der Waals surface area contributed by atoms with Gasteiger partial charge in [0.25, 0.3) is 0 Å². The lowest BCUT2D eigenvalue weighted by Crippen LogP contribution is -2.34. The molecular formula is C18H21N5O. The number of nitrogens with zero attached hydrogens (tertiary/aromatic N) is 5. The topological polar surface area (TPSA) is 55.5 Å². The first-order chi connectivity index (χ1) is 11.8. The molecule has 0 aliphatic carbocycles. The summed E-state index contributed by atoms with van der Waals surface area (Å²) in [5.74, 6) is 2.14. The van der Waals surface area contributed by atoms with Gasteiger partial charge in [-0.2, -0.15) is 0 Å². The van der Waals surface area contributed by atoms with E-state index in [1.54, 1.807) is 7.11 Å². The molecule has 0 bridgehead atoms. The Morgan fingerprint density at radius 3 is 3.04 bits per heavy atom. The second-order valence-electron chi connectivity index (χ2n) is 6.23. The zero-order valence-corrected chi connectivity index (χ0v) is 13.8. The van der Waals surface area contributed by atoms with Crippen LogP contribution >= 0.6 is 0 Å². The van der Waals surface area contributed by atoms with E-state index >= 15 is 0 Å². The molecule has 0 spiro atoms. The van der Waals surface area contributed by atoms with Gasteiger partial charge < -0.3 is 4.74 Å². The van der Waals surface area contributed by atoms with Gasteiger partial charge in [-0.05, 0) is 37.6 Å². The SMILES string of the molecule is COc1cccc(CN2CCC[C@@H](c3nnc4ccccn34)C2)n1. The van der Waals surface area contributed by atoms with Crippen LogP contribution in [0.4, 0.5) is 0 Å². The summed E-state index contributed by atoms with van der Waals surface area (Å²) < 4.78 is 7.33. The van der Waals surface area contributed by atoms with E-state index < -0.39 is 0 Å². The van der Waals surface area contributed by atoms with E-state index in [1.807, 2.05) is 36.5 Å². The number of methoxy groups -OCH3 is 1. The van der Waals surface area contributed by atoms with E-state index in [9.17, 15) is 0 Å². The maximum atomic E-state index is 5.22. The van der Waals surface area contributed by atoms with Crippen molar-refractivity contribution in [3.05, 3.63) is 54.1 Å². The highest BCUT2D eigenvalue weighted by Gasteiger charge is 2.25. The third kappa shape index (κ3) is 2.97. The first-order valence-corrected chi connectivity index (χ1v) is 8.35. The molecule has 0 unspecified atom stereocenters. The van der Waals surface area contributed by atoms with E-state index in [0.29, 0.717) is 11.8 Å². The van der Waals surface area contributed by atoms with Gasteiger partial charge in [-0.25, -0.2) is 4.98 Å². The van der Waals surface area contributed by atoms with Gasteiger partial charge in [-0.1, -0.05) is 12.1 Å². The molecule has 1 aliphatic rings. The van der Waals surface area contributed by atoms with Crippen molar-refractivity contribution >= 4 is 5.65 Å². The van der Waals surface area contributed by atoms with Crippen molar-refractivity contribution in [3.63, 3.8) is 0 Å². The average Bonchev–Trinajstić information content (AvgIpc) is 3.06. The van der Waals surface area contributed by atoms with Crippen LogP contribution in [-0.2, 0) is 6.54 Å². The summed E-state index contributed by atoms with van der Waals surface area (Å²) >= 11 is 0. The molecule has 0 N–H and O–H groups in total. The van der Waals surface area contributed by atoms with Crippen LogP contribution in [-0.4, -0.2) is 44.7 Å². The number of fused-ring (bicyclic) bond motifs is 1. The number of pyridine rings is 2. The number of rotatable bonds is 4. The summed E-state index contributed by atoms with van der Waals surface area (Å²) in [5, 5.41) is 8.73. The molecule has 4 heterocycles. The zero-order valence-electron chi connectivity index (χ0n) is 13.8.